The predicted octanol–water partition coefficient (Wildman–Crippen LogP) is 1.26. The number of carbonyl (C=O) groups is 1. The van der Waals surface area contributed by atoms with E-state index >= 15 is 0 Å². The molecule has 2 aromatic heterocycles. The number of nitrogens with two attached hydrogens (primary N) is 1. The summed E-state index contributed by atoms with van der Waals surface area (Å²) in [5.41, 5.74) is 7.03. The van der Waals surface area contributed by atoms with E-state index in [9.17, 15) is 9.18 Å². The number of halogens is 1. The molecular formula is C16H17FN6O. The normalized spacial score (nSPS) is 12.2. The van der Waals surface area contributed by atoms with Gasteiger partial charge < -0.3 is 11.1 Å². The second-order valence-electron chi connectivity index (χ2n) is 5.54. The molecule has 0 fully saturated rings. The van der Waals surface area contributed by atoms with Crippen LogP contribution in [-0.2, 0) is 18.3 Å². The predicted molar refractivity (Wildman–Crippen MR) is 87.6 cm³/mol. The van der Waals surface area contributed by atoms with Crippen LogP contribution in [0.25, 0.3) is 11.0 Å². The molecule has 1 amide bonds. The molecule has 124 valence electrons. The molecule has 0 saturated carbocycles. The van der Waals surface area contributed by atoms with Crippen LogP contribution in [0.5, 0.6) is 0 Å². The van der Waals surface area contributed by atoms with Crippen molar-refractivity contribution in [1.82, 2.24) is 19.7 Å². The van der Waals surface area contributed by atoms with Crippen LogP contribution < -0.4 is 11.1 Å². The number of carbonyl (C=O) groups excluding carboxylic acids is 1. The number of nitrogens with zero attached hydrogens (tertiary/aromatic N) is 4. The largest absolute Gasteiger partial charge is 0.369 e. The lowest BCUT2D eigenvalue weighted by Gasteiger charge is -2.15. The van der Waals surface area contributed by atoms with Crippen molar-refractivity contribution in [3.63, 3.8) is 0 Å². The number of amides is 1. The summed E-state index contributed by atoms with van der Waals surface area (Å²) in [7, 11) is 1.79. The van der Waals surface area contributed by atoms with Gasteiger partial charge in [-0.2, -0.15) is 5.10 Å². The molecule has 0 saturated heterocycles. The zero-order valence-electron chi connectivity index (χ0n) is 13.1. The third-order valence-corrected chi connectivity index (χ3v) is 3.84. The molecule has 7 nitrogen and oxygen atoms in total. The van der Waals surface area contributed by atoms with E-state index in [0.29, 0.717) is 24.4 Å². The SMILES string of the molecule is Cn1ncc2c(NC[C@@H](Cc3ccc(F)cc3)C(N)=O)ncnc21. The lowest BCUT2D eigenvalue weighted by atomic mass is 9.98. The minimum absolute atomic E-state index is 0.313. The standard InChI is InChI=1S/C16H17FN6O/c1-23-16-13(8-22-23)15(20-9-21-16)19-7-11(14(18)24)6-10-2-4-12(17)5-3-10/h2-5,8-9,11H,6-7H2,1H3,(H2,18,24)(H,19,20,21)/t11-/m1/s1. The quantitative estimate of drug-likeness (QED) is 0.710. The Hall–Kier alpha value is -3.03. The Kier molecular flexibility index (Phi) is 4.37. The molecule has 24 heavy (non-hydrogen) atoms. The molecular weight excluding hydrogens is 311 g/mol. The van der Waals surface area contributed by atoms with Crippen molar-refractivity contribution in [1.29, 1.82) is 0 Å². The maximum atomic E-state index is 13.0. The zero-order chi connectivity index (χ0) is 17.1. The average Bonchev–Trinajstić information content (AvgIpc) is 2.95. The van der Waals surface area contributed by atoms with Crippen LogP contribution in [0.3, 0.4) is 0 Å². The Bertz CT molecular complexity index is 861. The number of fused-ring (bicyclic) bond motifs is 1. The van der Waals surface area contributed by atoms with E-state index in [-0.39, 0.29) is 5.82 Å². The molecule has 0 radical (unpaired) electrons. The average molecular weight is 328 g/mol. The highest BCUT2D eigenvalue weighted by molar-refractivity contribution is 5.86. The summed E-state index contributed by atoms with van der Waals surface area (Å²) in [6.07, 6.45) is 3.52. The summed E-state index contributed by atoms with van der Waals surface area (Å²) in [6.45, 7) is 0.313. The van der Waals surface area contributed by atoms with Crippen LogP contribution in [0.1, 0.15) is 5.56 Å². The van der Waals surface area contributed by atoms with E-state index in [2.05, 4.69) is 20.4 Å². The molecule has 0 spiro atoms. The van der Waals surface area contributed by atoms with E-state index < -0.39 is 11.8 Å². The van der Waals surface area contributed by atoms with Crippen molar-refractivity contribution in [3.05, 3.63) is 48.2 Å². The molecule has 3 aromatic rings. The van der Waals surface area contributed by atoms with Crippen molar-refractivity contribution in [2.45, 2.75) is 6.42 Å². The van der Waals surface area contributed by atoms with E-state index in [4.69, 9.17) is 5.73 Å². The highest BCUT2D eigenvalue weighted by Gasteiger charge is 2.17. The number of anilines is 1. The van der Waals surface area contributed by atoms with Gasteiger partial charge >= 0.3 is 0 Å². The fourth-order valence-electron chi connectivity index (χ4n) is 2.50. The van der Waals surface area contributed by atoms with Gasteiger partial charge in [-0.3, -0.25) is 9.48 Å². The summed E-state index contributed by atoms with van der Waals surface area (Å²) in [4.78, 5) is 20.1. The molecule has 0 unspecified atom stereocenters. The second-order valence-corrected chi connectivity index (χ2v) is 5.54. The van der Waals surface area contributed by atoms with Crippen LogP contribution in [-0.4, -0.2) is 32.2 Å². The highest BCUT2D eigenvalue weighted by atomic mass is 19.1. The summed E-state index contributed by atoms with van der Waals surface area (Å²) in [5, 5.41) is 8.04. The number of benzene rings is 1. The molecule has 1 atom stereocenters. The van der Waals surface area contributed by atoms with Crippen molar-refractivity contribution in [3.8, 4) is 0 Å². The van der Waals surface area contributed by atoms with Crippen molar-refractivity contribution in [2.24, 2.45) is 18.7 Å². The smallest absolute Gasteiger partial charge is 0.222 e. The Morgan fingerprint density at radius 1 is 1.33 bits per heavy atom. The maximum absolute atomic E-state index is 13.0. The van der Waals surface area contributed by atoms with E-state index in [1.165, 1.54) is 18.5 Å². The van der Waals surface area contributed by atoms with E-state index in [1.807, 2.05) is 0 Å². The number of hydrogen-bond donors (Lipinski definition) is 2. The monoisotopic (exact) mass is 328 g/mol. The van der Waals surface area contributed by atoms with Gasteiger partial charge in [0.2, 0.25) is 5.91 Å². The number of nitrogens with one attached hydrogen (secondary N) is 1. The van der Waals surface area contributed by atoms with Crippen LogP contribution in [0.4, 0.5) is 10.2 Å². The summed E-state index contributed by atoms with van der Waals surface area (Å²) < 4.78 is 14.6. The molecule has 0 bridgehead atoms. The number of hydrogen-bond acceptors (Lipinski definition) is 5. The minimum Gasteiger partial charge on any atom is -0.369 e. The van der Waals surface area contributed by atoms with Crippen molar-refractivity contribution < 1.29 is 9.18 Å². The fraction of sp³-hybridized carbons (Fsp3) is 0.250. The van der Waals surface area contributed by atoms with Crippen molar-refractivity contribution >= 4 is 22.8 Å². The van der Waals surface area contributed by atoms with Gasteiger partial charge in [-0.15, -0.1) is 0 Å². The van der Waals surface area contributed by atoms with Crippen LogP contribution >= 0.6 is 0 Å². The molecule has 0 aliphatic rings. The van der Waals surface area contributed by atoms with Gasteiger partial charge in [-0.05, 0) is 24.1 Å². The first-order valence-corrected chi connectivity index (χ1v) is 7.45. The third-order valence-electron chi connectivity index (χ3n) is 3.84. The Morgan fingerprint density at radius 3 is 2.79 bits per heavy atom. The number of aryl methyl sites for hydroxylation is 1. The first-order chi connectivity index (χ1) is 11.5. The first-order valence-electron chi connectivity index (χ1n) is 7.45. The van der Waals surface area contributed by atoms with Gasteiger partial charge in [0.25, 0.3) is 0 Å². The first kappa shape index (κ1) is 15.9. The van der Waals surface area contributed by atoms with Gasteiger partial charge in [0.15, 0.2) is 5.65 Å². The van der Waals surface area contributed by atoms with Crippen LogP contribution in [0, 0.1) is 11.7 Å². The minimum atomic E-state index is -0.447. The van der Waals surface area contributed by atoms with E-state index in [1.54, 1.807) is 30.1 Å². The Morgan fingerprint density at radius 2 is 2.08 bits per heavy atom. The Balaban J connectivity index is 1.74. The molecule has 0 aliphatic carbocycles. The summed E-state index contributed by atoms with van der Waals surface area (Å²) in [5.74, 6) is -0.591. The topological polar surface area (TPSA) is 98.7 Å². The molecule has 3 N–H and O–H groups in total. The number of primary amides is 1. The lowest BCUT2D eigenvalue weighted by molar-refractivity contribution is -0.121. The van der Waals surface area contributed by atoms with E-state index in [0.717, 1.165) is 10.9 Å². The molecule has 3 rings (SSSR count). The van der Waals surface area contributed by atoms with Crippen molar-refractivity contribution in [2.75, 3.05) is 11.9 Å². The van der Waals surface area contributed by atoms with Gasteiger partial charge in [-0.25, -0.2) is 14.4 Å². The highest BCUT2D eigenvalue weighted by Crippen LogP contribution is 2.18. The molecule has 8 heteroatoms. The Labute approximate surface area is 137 Å². The third kappa shape index (κ3) is 3.32. The van der Waals surface area contributed by atoms with Gasteiger partial charge in [0, 0.05) is 13.6 Å². The summed E-state index contributed by atoms with van der Waals surface area (Å²) in [6, 6.07) is 6.03. The zero-order valence-corrected chi connectivity index (χ0v) is 13.1. The molecule has 0 aliphatic heterocycles. The number of aromatic nitrogens is 4. The maximum Gasteiger partial charge on any atom is 0.222 e. The van der Waals surface area contributed by atoms with Gasteiger partial charge in [0.05, 0.1) is 17.5 Å². The number of rotatable bonds is 6. The second kappa shape index (κ2) is 6.61. The summed E-state index contributed by atoms with van der Waals surface area (Å²) >= 11 is 0. The lowest BCUT2D eigenvalue weighted by Crippen LogP contribution is -2.31. The fourth-order valence-corrected chi connectivity index (χ4v) is 2.50. The van der Waals surface area contributed by atoms with Gasteiger partial charge in [-0.1, -0.05) is 12.1 Å². The van der Waals surface area contributed by atoms with Gasteiger partial charge in [0.1, 0.15) is 18.0 Å². The van der Waals surface area contributed by atoms with Crippen LogP contribution in [0.15, 0.2) is 36.8 Å². The molecule has 1 aromatic carbocycles. The van der Waals surface area contributed by atoms with Crippen LogP contribution in [0.2, 0.25) is 0 Å². The molecule has 2 heterocycles.